The maximum Gasteiger partial charge on any atom is 0.436 e. The fourth-order valence-electron chi connectivity index (χ4n) is 11.5. The Morgan fingerprint density at radius 2 is 1.77 bits per heavy atom. The van der Waals surface area contributed by atoms with E-state index in [1.165, 1.54) is 19.3 Å². The molecule has 2 N–H and O–H groups in total. The van der Waals surface area contributed by atoms with E-state index in [0.29, 0.717) is 68.2 Å². The van der Waals surface area contributed by atoms with Crippen LogP contribution in [0, 0.1) is 23.7 Å². The van der Waals surface area contributed by atoms with Crippen molar-refractivity contribution in [3.63, 3.8) is 0 Å². The number of carbonyl (C=O) groups is 2. The molecule has 1 amide bonds. The minimum Gasteiger partial charge on any atom is -0.462 e. The molecule has 1 saturated carbocycles. The molecule has 15 heteroatoms. The number of oxime groups is 1. The van der Waals surface area contributed by atoms with Gasteiger partial charge in [-0.05, 0) is 82.1 Å². The predicted molar refractivity (Wildman–Crippen MR) is 237 cm³/mol. The van der Waals surface area contributed by atoms with Gasteiger partial charge in [0, 0.05) is 64.9 Å². The zero-order valence-corrected chi connectivity index (χ0v) is 39.0. The van der Waals surface area contributed by atoms with Gasteiger partial charge in [0.25, 0.3) is 0 Å². The topological polar surface area (TPSA) is 167 Å². The highest BCUT2D eigenvalue weighted by molar-refractivity contribution is 6.07. The zero-order valence-electron chi connectivity index (χ0n) is 39.0. The first kappa shape index (κ1) is 47.5. The summed E-state index contributed by atoms with van der Waals surface area (Å²) < 4.78 is 45.7. The molecule has 2 aliphatic carbocycles. The number of amides is 1. The van der Waals surface area contributed by atoms with Crippen molar-refractivity contribution in [1.82, 2.24) is 9.80 Å². The fourth-order valence-corrected chi connectivity index (χ4v) is 11.5. The van der Waals surface area contributed by atoms with Crippen molar-refractivity contribution in [3.05, 3.63) is 47.1 Å². The van der Waals surface area contributed by atoms with Crippen molar-refractivity contribution >= 4 is 17.8 Å². The molecule has 1 spiro atoms. The lowest BCUT2D eigenvalue weighted by molar-refractivity contribution is -0.342. The van der Waals surface area contributed by atoms with E-state index < -0.39 is 72.3 Å². The van der Waals surface area contributed by atoms with Crippen molar-refractivity contribution in [2.24, 2.45) is 28.8 Å². The highest BCUT2D eigenvalue weighted by atomic mass is 16.7. The summed E-state index contributed by atoms with van der Waals surface area (Å²) >= 11 is 0. The first-order chi connectivity index (χ1) is 30.7. The Kier molecular flexibility index (Phi) is 14.9. The maximum atomic E-state index is 14.8. The summed E-state index contributed by atoms with van der Waals surface area (Å²) in [5, 5.41) is 28.0. The van der Waals surface area contributed by atoms with Crippen LogP contribution in [0.2, 0.25) is 0 Å². The minimum absolute atomic E-state index is 0.000636. The van der Waals surface area contributed by atoms with Crippen molar-refractivity contribution < 1.29 is 57.8 Å². The number of fused-ring (bicyclic) bond motifs is 2. The van der Waals surface area contributed by atoms with Crippen LogP contribution in [0.1, 0.15) is 105 Å². The number of hydrogen-bond donors (Lipinski definition) is 2. The molecule has 2 bridgehead atoms. The number of aliphatic hydroxyl groups is 2. The summed E-state index contributed by atoms with van der Waals surface area (Å²) in [6.45, 7) is 12.5. The molecule has 0 aromatic rings. The third-order valence-electron chi connectivity index (χ3n) is 15.4. The Morgan fingerprint density at radius 1 is 1.00 bits per heavy atom. The molecule has 0 aromatic carbocycles. The summed E-state index contributed by atoms with van der Waals surface area (Å²) in [6, 6.07) is 0. The van der Waals surface area contributed by atoms with Crippen LogP contribution in [0.15, 0.2) is 52.3 Å². The number of esters is 1. The lowest BCUT2D eigenvalue weighted by Gasteiger charge is -2.51. The van der Waals surface area contributed by atoms with Gasteiger partial charge in [0.2, 0.25) is 0 Å². The lowest BCUT2D eigenvalue weighted by Crippen LogP contribution is -2.58. The highest BCUT2D eigenvalue weighted by Crippen LogP contribution is 2.48. The molecule has 6 heterocycles. The van der Waals surface area contributed by atoms with Crippen LogP contribution in [-0.4, -0.2) is 151 Å². The van der Waals surface area contributed by atoms with Gasteiger partial charge < -0.3 is 53.2 Å². The molecule has 8 aliphatic rings. The average molecular weight is 896 g/mol. The van der Waals surface area contributed by atoms with Crippen LogP contribution < -0.4 is 0 Å². The van der Waals surface area contributed by atoms with Crippen molar-refractivity contribution in [2.45, 2.75) is 172 Å². The summed E-state index contributed by atoms with van der Waals surface area (Å²) in [5.74, 6) is -2.00. The van der Waals surface area contributed by atoms with E-state index in [0.717, 1.165) is 37.9 Å². The van der Waals surface area contributed by atoms with E-state index in [1.54, 1.807) is 31.1 Å². The average Bonchev–Trinajstić information content (AvgIpc) is 3.62. The van der Waals surface area contributed by atoms with Gasteiger partial charge in [0.05, 0.1) is 37.1 Å². The third-order valence-corrected chi connectivity index (χ3v) is 15.4. The van der Waals surface area contributed by atoms with E-state index in [4.69, 9.17) is 38.0 Å². The fraction of sp³-hybridized carbons (Fsp3) is 0.776. The minimum atomic E-state index is -1.90. The van der Waals surface area contributed by atoms with Crippen LogP contribution in [0.4, 0.5) is 4.79 Å². The number of carbonyl (C=O) groups excluding carboxylic acids is 2. The quantitative estimate of drug-likeness (QED) is 0.143. The Labute approximate surface area is 379 Å². The second-order valence-electron chi connectivity index (χ2n) is 20.1. The molecule has 6 aliphatic heterocycles. The second kappa shape index (κ2) is 20.1. The van der Waals surface area contributed by atoms with Crippen LogP contribution in [0.3, 0.4) is 0 Å². The number of allylic oxidation sites excluding steroid dienone is 2. The Balaban J connectivity index is 1.14. The van der Waals surface area contributed by atoms with Gasteiger partial charge in [-0.2, -0.15) is 0 Å². The molecule has 356 valence electrons. The Hall–Kier alpha value is -2.99. The molecular formula is C49H73N3O12. The van der Waals surface area contributed by atoms with Crippen molar-refractivity contribution in [1.29, 1.82) is 0 Å². The summed E-state index contributed by atoms with van der Waals surface area (Å²) in [5.41, 5.74) is 0.324. The molecule has 64 heavy (non-hydrogen) atoms. The monoisotopic (exact) mass is 896 g/mol. The van der Waals surface area contributed by atoms with Gasteiger partial charge in [-0.15, -0.1) is 0 Å². The van der Waals surface area contributed by atoms with Crippen LogP contribution in [0.25, 0.3) is 0 Å². The number of piperazine rings is 1. The van der Waals surface area contributed by atoms with Crippen LogP contribution >= 0.6 is 0 Å². The highest BCUT2D eigenvalue weighted by Gasteiger charge is 2.60. The van der Waals surface area contributed by atoms with E-state index in [2.05, 4.69) is 36.9 Å². The van der Waals surface area contributed by atoms with Gasteiger partial charge in [0.1, 0.15) is 35.5 Å². The number of rotatable bonds is 5. The predicted octanol–water partition coefficient (Wildman–Crippen LogP) is 5.98. The summed E-state index contributed by atoms with van der Waals surface area (Å²) in [6.07, 6.45) is 13.5. The van der Waals surface area contributed by atoms with Crippen molar-refractivity contribution in [2.75, 3.05) is 46.9 Å². The molecule has 6 fully saturated rings. The van der Waals surface area contributed by atoms with Crippen LogP contribution in [0.5, 0.6) is 0 Å². The summed E-state index contributed by atoms with van der Waals surface area (Å²) in [7, 11) is 3.59. The number of aliphatic hydroxyl groups excluding tert-OH is 1. The van der Waals surface area contributed by atoms with E-state index in [1.807, 2.05) is 26.1 Å². The second-order valence-corrected chi connectivity index (χ2v) is 20.1. The summed E-state index contributed by atoms with van der Waals surface area (Å²) in [4.78, 5) is 37.2. The Bertz CT molecular complexity index is 1840. The molecule has 5 saturated heterocycles. The van der Waals surface area contributed by atoms with E-state index >= 15 is 0 Å². The van der Waals surface area contributed by atoms with Gasteiger partial charge in [-0.3, -0.25) is 9.63 Å². The number of ether oxygens (including phenoxy) is 7. The van der Waals surface area contributed by atoms with Gasteiger partial charge in [-0.25, -0.2) is 4.79 Å². The van der Waals surface area contributed by atoms with Crippen molar-refractivity contribution in [3.8, 4) is 0 Å². The molecule has 0 aromatic heterocycles. The number of hydrogen-bond acceptors (Lipinski definition) is 14. The molecule has 8 rings (SSSR count). The van der Waals surface area contributed by atoms with Gasteiger partial charge >= 0.3 is 12.1 Å². The lowest BCUT2D eigenvalue weighted by atomic mass is 9.71. The molecule has 0 radical (unpaired) electrons. The number of nitrogens with zero attached hydrogens (tertiary/aromatic N) is 3. The SMILES string of the molecule is COC1CC(OC2/C(C)=C/CC3CC(CC4(CCC(C)C(C5CCCCC5)O4)O3)OC(=O)C3C=C(C)/C(=N\OC(=O)N4CCN(C)CC4)C4OC/C(=C\C=C\C2C)C34O)OC(C)C1O. The largest absolute Gasteiger partial charge is 0.462 e. The van der Waals surface area contributed by atoms with E-state index in [-0.39, 0.29) is 30.4 Å². The van der Waals surface area contributed by atoms with Gasteiger partial charge in [0.15, 0.2) is 12.1 Å². The smallest absolute Gasteiger partial charge is 0.436 e. The molecular weight excluding hydrogens is 823 g/mol. The number of likely N-dealkylation sites (N-methyl/N-ethyl adjacent to an activating group) is 1. The first-order valence-electron chi connectivity index (χ1n) is 24.1. The molecule has 14 unspecified atom stereocenters. The Morgan fingerprint density at radius 3 is 2.52 bits per heavy atom. The molecule has 15 nitrogen and oxygen atoms in total. The third kappa shape index (κ3) is 9.99. The standard InChI is InChI=1S/C49H73N3O12/c1-29-12-11-15-35-28-58-45-41(50-64-47(55)52-22-20-51(6)21-23-52)32(4)24-38(49(35,45)56)46(54)60-37-25-36(17-16-30(2)43(29)61-40-26-39(57-7)42(53)33(5)59-40)62-48(27-37)19-18-31(3)44(63-48)34-13-9-8-10-14-34/h11-12,15-16,24,29,31,33-34,36-40,42-45,53,56H,8-10,13-14,17-23,25-28H2,1-7H3/b12-11+,30-16+,35-15+,50-41+. The van der Waals surface area contributed by atoms with Gasteiger partial charge in [-0.1, -0.05) is 68.6 Å². The first-order valence-corrected chi connectivity index (χ1v) is 24.1. The maximum absolute atomic E-state index is 14.8. The zero-order chi connectivity index (χ0) is 45.3. The molecule has 14 atom stereocenters. The normalized spacial score (nSPS) is 44.5. The van der Waals surface area contributed by atoms with E-state index in [9.17, 15) is 19.8 Å². The number of methoxy groups -OCH3 is 1. The van der Waals surface area contributed by atoms with Crippen LogP contribution in [-0.2, 0) is 42.8 Å².